The molecule has 116 valence electrons. The second kappa shape index (κ2) is 6.62. The van der Waals surface area contributed by atoms with Crippen molar-refractivity contribution in [2.45, 2.75) is 31.8 Å². The van der Waals surface area contributed by atoms with E-state index in [1.54, 1.807) is 20.4 Å². The largest absolute Gasteiger partial charge is 0.493 e. The van der Waals surface area contributed by atoms with Gasteiger partial charge in [0.2, 0.25) is 0 Å². The molecule has 0 bridgehead atoms. The highest BCUT2D eigenvalue weighted by Crippen LogP contribution is 2.34. The average Bonchev–Trinajstić information content (AvgIpc) is 3.33. The molecule has 2 aliphatic rings. The van der Waals surface area contributed by atoms with E-state index in [0.717, 1.165) is 49.3 Å². The average molecular weight is 291 g/mol. The smallest absolute Gasteiger partial charge is 0.183 e. The number of nitrogens with one attached hydrogen (secondary N) is 1. The van der Waals surface area contributed by atoms with Crippen LogP contribution in [0.5, 0.6) is 11.5 Å². The summed E-state index contributed by atoms with van der Waals surface area (Å²) in [4.78, 5) is 6.99. The SMILES string of the molecule is COc1ccnc(CN2CCCNC(C3CC3)C2)c1OC. The van der Waals surface area contributed by atoms with E-state index in [4.69, 9.17) is 9.47 Å². The monoisotopic (exact) mass is 291 g/mol. The number of rotatable bonds is 5. The summed E-state index contributed by atoms with van der Waals surface area (Å²) in [5.74, 6) is 2.40. The lowest BCUT2D eigenvalue weighted by Crippen LogP contribution is -2.39. The molecule has 1 saturated carbocycles. The van der Waals surface area contributed by atoms with E-state index in [2.05, 4.69) is 15.2 Å². The first-order chi connectivity index (χ1) is 10.3. The molecular formula is C16H25N3O2. The van der Waals surface area contributed by atoms with Gasteiger partial charge in [0.1, 0.15) is 5.69 Å². The Morgan fingerprint density at radius 2 is 2.19 bits per heavy atom. The Morgan fingerprint density at radius 3 is 2.90 bits per heavy atom. The second-order valence-corrected chi connectivity index (χ2v) is 5.98. The fraction of sp³-hybridized carbons (Fsp3) is 0.688. The van der Waals surface area contributed by atoms with Gasteiger partial charge in [-0.25, -0.2) is 0 Å². The topological polar surface area (TPSA) is 46.6 Å². The summed E-state index contributed by atoms with van der Waals surface area (Å²) in [6.45, 7) is 4.16. The number of hydrogen-bond donors (Lipinski definition) is 1. The summed E-state index contributed by atoms with van der Waals surface area (Å²) in [6.07, 6.45) is 5.75. The zero-order valence-corrected chi connectivity index (χ0v) is 13.0. The van der Waals surface area contributed by atoms with Crippen molar-refractivity contribution < 1.29 is 9.47 Å². The fourth-order valence-corrected chi connectivity index (χ4v) is 3.16. The normalized spacial score (nSPS) is 23.6. The summed E-state index contributed by atoms with van der Waals surface area (Å²) in [5.41, 5.74) is 0.966. The zero-order chi connectivity index (χ0) is 14.7. The van der Waals surface area contributed by atoms with E-state index in [1.807, 2.05) is 6.07 Å². The minimum absolute atomic E-state index is 0.643. The van der Waals surface area contributed by atoms with Gasteiger partial charge in [-0.2, -0.15) is 0 Å². The highest BCUT2D eigenvalue weighted by Gasteiger charge is 2.33. The van der Waals surface area contributed by atoms with Crippen molar-refractivity contribution in [1.29, 1.82) is 0 Å². The van der Waals surface area contributed by atoms with Crippen molar-refractivity contribution in [3.63, 3.8) is 0 Å². The van der Waals surface area contributed by atoms with Crippen LogP contribution in [-0.2, 0) is 6.54 Å². The summed E-state index contributed by atoms with van der Waals surface area (Å²) < 4.78 is 10.9. The van der Waals surface area contributed by atoms with Gasteiger partial charge in [-0.3, -0.25) is 9.88 Å². The van der Waals surface area contributed by atoms with Crippen molar-refractivity contribution in [1.82, 2.24) is 15.2 Å². The van der Waals surface area contributed by atoms with E-state index < -0.39 is 0 Å². The molecule has 1 N–H and O–H groups in total. The van der Waals surface area contributed by atoms with E-state index in [9.17, 15) is 0 Å². The first kappa shape index (κ1) is 14.6. The summed E-state index contributed by atoms with van der Waals surface area (Å²) in [6, 6.07) is 2.49. The molecule has 5 nitrogen and oxygen atoms in total. The summed E-state index contributed by atoms with van der Waals surface area (Å²) in [7, 11) is 3.35. The molecule has 1 aliphatic carbocycles. The minimum Gasteiger partial charge on any atom is -0.493 e. The highest BCUT2D eigenvalue weighted by atomic mass is 16.5. The Kier molecular flexibility index (Phi) is 4.60. The van der Waals surface area contributed by atoms with E-state index >= 15 is 0 Å². The van der Waals surface area contributed by atoms with Gasteiger partial charge in [-0.15, -0.1) is 0 Å². The molecule has 2 heterocycles. The molecule has 0 amide bonds. The van der Waals surface area contributed by atoms with Gasteiger partial charge in [0.15, 0.2) is 11.5 Å². The number of ether oxygens (including phenoxy) is 2. The van der Waals surface area contributed by atoms with Crippen LogP contribution in [0.15, 0.2) is 12.3 Å². The molecule has 1 unspecified atom stereocenters. The Hall–Kier alpha value is -1.33. The van der Waals surface area contributed by atoms with Crippen LogP contribution in [0.4, 0.5) is 0 Å². The van der Waals surface area contributed by atoms with Crippen molar-refractivity contribution in [3.05, 3.63) is 18.0 Å². The first-order valence-corrected chi connectivity index (χ1v) is 7.83. The van der Waals surface area contributed by atoms with Gasteiger partial charge >= 0.3 is 0 Å². The predicted octanol–water partition coefficient (Wildman–Crippen LogP) is 1.67. The minimum atomic E-state index is 0.643. The van der Waals surface area contributed by atoms with E-state index in [0.29, 0.717) is 6.04 Å². The van der Waals surface area contributed by atoms with Gasteiger partial charge in [-0.05, 0) is 38.3 Å². The maximum atomic E-state index is 5.50. The maximum Gasteiger partial charge on any atom is 0.183 e. The quantitative estimate of drug-likeness (QED) is 0.894. The molecule has 1 saturated heterocycles. The van der Waals surface area contributed by atoms with Crippen molar-refractivity contribution in [2.75, 3.05) is 33.9 Å². The van der Waals surface area contributed by atoms with Crippen molar-refractivity contribution in [3.8, 4) is 11.5 Å². The molecule has 1 aromatic heterocycles. The number of hydrogen-bond acceptors (Lipinski definition) is 5. The van der Waals surface area contributed by atoms with Crippen LogP contribution in [0.3, 0.4) is 0 Å². The lowest BCUT2D eigenvalue weighted by molar-refractivity contribution is 0.242. The molecule has 0 aromatic carbocycles. The van der Waals surface area contributed by atoms with E-state index in [-0.39, 0.29) is 0 Å². The Bertz CT molecular complexity index is 477. The molecule has 21 heavy (non-hydrogen) atoms. The zero-order valence-electron chi connectivity index (χ0n) is 13.0. The predicted molar refractivity (Wildman–Crippen MR) is 81.7 cm³/mol. The first-order valence-electron chi connectivity index (χ1n) is 7.83. The molecule has 0 radical (unpaired) electrons. The fourth-order valence-electron chi connectivity index (χ4n) is 3.16. The third-order valence-corrected chi connectivity index (χ3v) is 4.44. The van der Waals surface area contributed by atoms with Crippen LogP contribution >= 0.6 is 0 Å². The maximum absolute atomic E-state index is 5.50. The molecule has 5 heteroatoms. The third-order valence-electron chi connectivity index (χ3n) is 4.44. The Labute approximate surface area is 126 Å². The van der Waals surface area contributed by atoms with Crippen LogP contribution in [-0.4, -0.2) is 49.8 Å². The third kappa shape index (κ3) is 3.47. The van der Waals surface area contributed by atoms with Gasteiger partial charge in [0, 0.05) is 31.4 Å². The summed E-state index contributed by atoms with van der Waals surface area (Å²) >= 11 is 0. The number of methoxy groups -OCH3 is 2. The number of pyridine rings is 1. The molecular weight excluding hydrogens is 266 g/mol. The molecule has 1 aliphatic heterocycles. The number of nitrogens with zero attached hydrogens (tertiary/aromatic N) is 2. The standard InChI is InChI=1S/C16H25N3O2/c1-20-15-6-8-18-14(16(15)21-2)11-19-9-3-7-17-13(10-19)12-4-5-12/h6,8,12-13,17H,3-5,7,9-11H2,1-2H3. The van der Waals surface area contributed by atoms with E-state index in [1.165, 1.54) is 19.3 Å². The molecule has 1 aromatic rings. The van der Waals surface area contributed by atoms with Gasteiger partial charge in [0.05, 0.1) is 14.2 Å². The second-order valence-electron chi connectivity index (χ2n) is 5.98. The van der Waals surface area contributed by atoms with Crippen molar-refractivity contribution >= 4 is 0 Å². The summed E-state index contributed by atoms with van der Waals surface area (Å²) in [5, 5.41) is 3.69. The van der Waals surface area contributed by atoms with Crippen LogP contribution in [0.1, 0.15) is 25.0 Å². The Balaban J connectivity index is 1.72. The molecule has 2 fully saturated rings. The van der Waals surface area contributed by atoms with Crippen molar-refractivity contribution in [2.24, 2.45) is 5.92 Å². The van der Waals surface area contributed by atoms with Gasteiger partial charge in [0.25, 0.3) is 0 Å². The van der Waals surface area contributed by atoms with Crippen LogP contribution in [0.25, 0.3) is 0 Å². The lowest BCUT2D eigenvalue weighted by atomic mass is 10.1. The highest BCUT2D eigenvalue weighted by molar-refractivity contribution is 5.42. The van der Waals surface area contributed by atoms with Crippen LogP contribution < -0.4 is 14.8 Å². The lowest BCUT2D eigenvalue weighted by Gasteiger charge is -2.24. The molecule has 1 atom stereocenters. The molecule has 0 spiro atoms. The van der Waals surface area contributed by atoms with Gasteiger partial charge in [-0.1, -0.05) is 0 Å². The van der Waals surface area contributed by atoms with Crippen LogP contribution in [0, 0.1) is 5.92 Å². The van der Waals surface area contributed by atoms with Crippen LogP contribution in [0.2, 0.25) is 0 Å². The Morgan fingerprint density at radius 1 is 1.33 bits per heavy atom. The van der Waals surface area contributed by atoms with Gasteiger partial charge < -0.3 is 14.8 Å². The molecule has 3 rings (SSSR count). The number of aromatic nitrogens is 1.